The Kier molecular flexibility index (Phi) is 11.4. The molecule has 6 N–H and O–H groups in total. The van der Waals surface area contributed by atoms with Gasteiger partial charge in [0.2, 0.25) is 11.8 Å². The van der Waals surface area contributed by atoms with E-state index in [0.717, 1.165) is 0 Å². The number of aliphatic hydroxyl groups is 1. The van der Waals surface area contributed by atoms with Gasteiger partial charge in [-0.25, -0.2) is 0 Å². The smallest absolute Gasteiger partial charge is 0.389 e. The van der Waals surface area contributed by atoms with Crippen molar-refractivity contribution in [1.82, 2.24) is 41.3 Å². The minimum absolute atomic E-state index is 0.103. The first kappa shape index (κ1) is 36.2. The summed E-state index contributed by atoms with van der Waals surface area (Å²) < 4.78 is 39.9. The second kappa shape index (κ2) is 14.8. The zero-order valence-electron chi connectivity index (χ0n) is 27.0. The number of nitriles is 1. The Bertz CT molecular complexity index is 1200. The van der Waals surface area contributed by atoms with Gasteiger partial charge in [0, 0.05) is 57.0 Å². The Balaban J connectivity index is 1.30. The monoisotopic (exact) mass is 689 g/mol. The van der Waals surface area contributed by atoms with Gasteiger partial charge < -0.3 is 15.3 Å². The summed E-state index contributed by atoms with van der Waals surface area (Å²) in [5.74, 6) is -2.19. The summed E-state index contributed by atoms with van der Waals surface area (Å²) in [6, 6.07) is -2.18. The van der Waals surface area contributed by atoms with Crippen LogP contribution in [0, 0.1) is 17.2 Å². The van der Waals surface area contributed by atoms with Crippen LogP contribution in [0.25, 0.3) is 0 Å². The molecule has 5 rings (SSSR count). The number of piperidine rings is 1. The molecular weight excluding hydrogens is 643 g/mol. The molecule has 47 heavy (non-hydrogen) atoms. The lowest BCUT2D eigenvalue weighted by atomic mass is 9.83. The number of amides is 2. The van der Waals surface area contributed by atoms with E-state index in [2.05, 4.69) is 32.7 Å². The van der Waals surface area contributed by atoms with Gasteiger partial charge in [-0.3, -0.25) is 45.5 Å². The Morgan fingerprint density at radius 2 is 1.81 bits per heavy atom. The fourth-order valence-corrected chi connectivity index (χ4v) is 8.33. The van der Waals surface area contributed by atoms with Gasteiger partial charge >= 0.3 is 6.18 Å². The number of nitrogens with one attached hydrogen (secondary N) is 5. The largest absolute Gasteiger partial charge is 0.391 e. The molecule has 0 bridgehead atoms. The van der Waals surface area contributed by atoms with E-state index in [1.54, 1.807) is 4.90 Å². The Morgan fingerprint density at radius 3 is 2.43 bits per heavy atom. The topological polar surface area (TPSA) is 165 Å². The van der Waals surface area contributed by atoms with Crippen LogP contribution in [0.5, 0.6) is 0 Å². The molecule has 12 unspecified atom stereocenters. The van der Waals surface area contributed by atoms with Gasteiger partial charge in [0.1, 0.15) is 12.1 Å². The fraction of sp³-hybridized carbons (Fsp3) is 0.867. The van der Waals surface area contributed by atoms with Crippen LogP contribution in [0.4, 0.5) is 13.2 Å². The quantitative estimate of drug-likeness (QED) is 0.191. The minimum atomic E-state index is -4.33. The van der Waals surface area contributed by atoms with Crippen LogP contribution < -0.4 is 26.6 Å². The number of hydrogen-bond donors (Lipinski definition) is 6. The average molecular weight is 690 g/mol. The second-order valence-electron chi connectivity index (χ2n) is 13.6. The predicted octanol–water partition coefficient (Wildman–Crippen LogP) is -0.946. The zero-order valence-corrected chi connectivity index (χ0v) is 27.7. The lowest BCUT2D eigenvalue weighted by Gasteiger charge is -2.55. The summed E-state index contributed by atoms with van der Waals surface area (Å²) in [7, 11) is 0. The number of nitrogens with zero attached hydrogens (tertiary/aromatic N) is 4. The number of ketones is 1. The molecule has 12 atom stereocenters. The summed E-state index contributed by atoms with van der Waals surface area (Å²) in [5, 5.41) is 35.0. The van der Waals surface area contributed by atoms with Gasteiger partial charge in [0.05, 0.1) is 48.3 Å². The number of aliphatic hydroxyl groups excluding tert-OH is 1. The number of fused-ring (bicyclic) bond motifs is 1. The highest BCUT2D eigenvalue weighted by molar-refractivity contribution is 6.21. The molecule has 0 spiro atoms. The van der Waals surface area contributed by atoms with Crippen LogP contribution in [-0.4, -0.2) is 149 Å². The molecule has 0 aromatic heterocycles. The Morgan fingerprint density at radius 1 is 1.11 bits per heavy atom. The predicted molar refractivity (Wildman–Crippen MR) is 166 cm³/mol. The molecule has 0 radical (unpaired) electrons. The number of halogens is 4. The first-order chi connectivity index (χ1) is 22.2. The molecular formula is C30H47ClF3N9O4. The van der Waals surface area contributed by atoms with Crippen molar-refractivity contribution >= 4 is 29.2 Å². The van der Waals surface area contributed by atoms with E-state index < -0.39 is 71.9 Å². The summed E-state index contributed by atoms with van der Waals surface area (Å²) in [6.45, 7) is 7.36. The molecule has 5 fully saturated rings. The molecule has 0 aromatic carbocycles. The van der Waals surface area contributed by atoms with Crippen LogP contribution in [0.3, 0.4) is 0 Å². The van der Waals surface area contributed by atoms with Crippen molar-refractivity contribution in [3.63, 3.8) is 0 Å². The summed E-state index contributed by atoms with van der Waals surface area (Å²) >= 11 is 6.35. The van der Waals surface area contributed by atoms with Gasteiger partial charge in [0.25, 0.3) is 0 Å². The maximum Gasteiger partial charge on any atom is 0.391 e. The first-order valence-corrected chi connectivity index (χ1v) is 17.1. The third-order valence-electron chi connectivity index (χ3n) is 10.7. The molecule has 4 aliphatic heterocycles. The van der Waals surface area contributed by atoms with Gasteiger partial charge in [-0.2, -0.15) is 18.4 Å². The van der Waals surface area contributed by atoms with Crippen LogP contribution in [0.15, 0.2) is 0 Å². The standard InChI is InChI=1S/C30H47ClF3N9O4/c1-4-21-25(41-7-9-42(10-8-41)29(47)24-26(45)16(3)36-14-37-24)27(46)23-28(38-15(2)20(12-35)40-23)43(21)13-22(44)39-19-6-5-17(11-18(19)31)30(32,33)34/h15-21,23-26,28,36-38,40,45H,4-11,13-14H2,1-3H3,(H,39,44). The number of likely N-dealkylation sites (tertiary alicyclic amines) is 1. The van der Waals surface area contributed by atoms with Crippen molar-refractivity contribution in [3.8, 4) is 6.07 Å². The first-order valence-electron chi connectivity index (χ1n) is 16.6. The van der Waals surface area contributed by atoms with E-state index in [9.17, 15) is 37.9 Å². The highest BCUT2D eigenvalue weighted by Gasteiger charge is 2.54. The van der Waals surface area contributed by atoms with E-state index in [-0.39, 0.29) is 49.6 Å². The molecule has 264 valence electrons. The van der Waals surface area contributed by atoms with Gasteiger partial charge in [0.15, 0.2) is 5.78 Å². The molecule has 2 amide bonds. The molecule has 4 heterocycles. The van der Waals surface area contributed by atoms with Crippen molar-refractivity contribution < 1.29 is 32.7 Å². The van der Waals surface area contributed by atoms with E-state index >= 15 is 0 Å². The number of piperazine rings is 2. The van der Waals surface area contributed by atoms with Gasteiger partial charge in [-0.1, -0.05) is 6.92 Å². The second-order valence-corrected chi connectivity index (χ2v) is 14.2. The lowest BCUT2D eigenvalue weighted by molar-refractivity contribution is -0.182. The zero-order chi connectivity index (χ0) is 34.2. The fourth-order valence-electron chi connectivity index (χ4n) is 7.93. The third-order valence-corrected chi connectivity index (χ3v) is 11.2. The molecule has 1 aliphatic carbocycles. The minimum Gasteiger partial charge on any atom is -0.389 e. The van der Waals surface area contributed by atoms with Gasteiger partial charge in [-0.15, -0.1) is 11.6 Å². The molecule has 13 nitrogen and oxygen atoms in total. The highest BCUT2D eigenvalue weighted by atomic mass is 35.5. The van der Waals surface area contributed by atoms with Crippen molar-refractivity contribution in [2.45, 2.75) is 119 Å². The lowest BCUT2D eigenvalue weighted by Crippen LogP contribution is -2.80. The van der Waals surface area contributed by atoms with Crippen LogP contribution in [0.1, 0.15) is 46.5 Å². The van der Waals surface area contributed by atoms with E-state index in [1.165, 1.54) is 0 Å². The summed E-state index contributed by atoms with van der Waals surface area (Å²) in [6.07, 6.45) is -5.57. The van der Waals surface area contributed by atoms with Crippen LogP contribution >= 0.6 is 11.6 Å². The van der Waals surface area contributed by atoms with Crippen molar-refractivity contribution in [1.29, 1.82) is 5.26 Å². The SMILES string of the molecule is CCC1C(N2CCN(C(=O)C3NCNC(C)C3O)CC2)C(=O)C2NC(C#N)C(C)NC2N1CC(=O)NC1CCC(C(F)(F)F)CC1Cl. The van der Waals surface area contributed by atoms with Crippen molar-refractivity contribution in [2.24, 2.45) is 5.92 Å². The van der Waals surface area contributed by atoms with E-state index in [0.29, 0.717) is 39.3 Å². The van der Waals surface area contributed by atoms with E-state index in [4.69, 9.17) is 11.6 Å². The van der Waals surface area contributed by atoms with Gasteiger partial charge in [-0.05, 0) is 39.5 Å². The van der Waals surface area contributed by atoms with Crippen molar-refractivity contribution in [2.75, 3.05) is 39.4 Å². The maximum atomic E-state index is 14.2. The summed E-state index contributed by atoms with van der Waals surface area (Å²) in [4.78, 5) is 46.7. The summed E-state index contributed by atoms with van der Waals surface area (Å²) in [5.41, 5.74) is 0. The molecule has 17 heteroatoms. The molecule has 5 aliphatic rings. The number of carbonyl (C=O) groups excluding carboxylic acids is 3. The number of alkyl halides is 4. The number of rotatable bonds is 6. The van der Waals surface area contributed by atoms with Crippen molar-refractivity contribution in [3.05, 3.63) is 0 Å². The number of Topliss-reactive ketones (excluding diaryl/α,β-unsaturated/α-hetero) is 1. The Hall–Kier alpha value is -2.10. The van der Waals surface area contributed by atoms with Crippen LogP contribution in [-0.2, 0) is 14.4 Å². The normalized spacial score (nSPS) is 40.7. The number of carbonyl (C=O) groups is 3. The van der Waals surface area contributed by atoms with Crippen LogP contribution in [0.2, 0.25) is 0 Å². The molecule has 1 saturated carbocycles. The maximum absolute atomic E-state index is 14.2. The number of hydrogen-bond acceptors (Lipinski definition) is 11. The highest BCUT2D eigenvalue weighted by Crippen LogP contribution is 2.39. The van der Waals surface area contributed by atoms with E-state index in [1.807, 2.05) is 30.6 Å². The Labute approximate surface area is 278 Å². The molecule has 4 saturated heterocycles. The molecule has 0 aromatic rings. The third kappa shape index (κ3) is 7.57. The average Bonchev–Trinajstić information content (AvgIpc) is 3.03.